The molecule has 2 heterocycles. The van der Waals surface area contributed by atoms with E-state index in [2.05, 4.69) is 5.10 Å². The third-order valence-electron chi connectivity index (χ3n) is 5.31. The number of carbonyl (C=O) groups is 1. The molecular weight excluding hydrogens is 382 g/mol. The number of rotatable bonds is 5. The van der Waals surface area contributed by atoms with Crippen molar-refractivity contribution in [3.63, 3.8) is 0 Å². The molecule has 30 heavy (non-hydrogen) atoms. The van der Waals surface area contributed by atoms with E-state index >= 15 is 0 Å². The highest BCUT2D eigenvalue weighted by molar-refractivity contribution is 5.94. The van der Waals surface area contributed by atoms with Gasteiger partial charge < -0.3 is 19.1 Å². The Hall–Kier alpha value is -3.32. The number of aromatic nitrogens is 2. The first kappa shape index (κ1) is 20.0. The predicted molar refractivity (Wildman–Crippen MR) is 113 cm³/mol. The molecule has 0 saturated carbocycles. The van der Waals surface area contributed by atoms with E-state index in [1.807, 2.05) is 53.4 Å². The SMILES string of the molecule is COc1ccc(OC)c(-c2cc(C(=O)N3CCOC(c4ccccc4)C3)n(C)n2)c1. The minimum atomic E-state index is -0.130. The molecule has 4 rings (SSSR count). The number of hydrogen-bond donors (Lipinski definition) is 0. The van der Waals surface area contributed by atoms with E-state index in [-0.39, 0.29) is 12.0 Å². The second-order valence-corrected chi connectivity index (χ2v) is 7.13. The number of amides is 1. The van der Waals surface area contributed by atoms with Crippen LogP contribution >= 0.6 is 0 Å². The van der Waals surface area contributed by atoms with Crippen molar-refractivity contribution in [3.05, 3.63) is 65.9 Å². The quantitative estimate of drug-likeness (QED) is 0.649. The Labute approximate surface area is 175 Å². The normalized spacial score (nSPS) is 16.4. The van der Waals surface area contributed by atoms with Crippen LogP contribution in [0.2, 0.25) is 0 Å². The van der Waals surface area contributed by atoms with Gasteiger partial charge in [0, 0.05) is 19.2 Å². The van der Waals surface area contributed by atoms with Crippen molar-refractivity contribution in [2.24, 2.45) is 7.05 Å². The number of aryl methyl sites for hydroxylation is 1. The fourth-order valence-electron chi connectivity index (χ4n) is 3.68. The van der Waals surface area contributed by atoms with Crippen LogP contribution in [0.15, 0.2) is 54.6 Å². The van der Waals surface area contributed by atoms with Crippen molar-refractivity contribution < 1.29 is 19.0 Å². The Morgan fingerprint density at radius 2 is 1.90 bits per heavy atom. The van der Waals surface area contributed by atoms with Gasteiger partial charge in [0.15, 0.2) is 0 Å². The Kier molecular flexibility index (Phi) is 5.72. The van der Waals surface area contributed by atoms with Crippen LogP contribution in [0.25, 0.3) is 11.3 Å². The summed E-state index contributed by atoms with van der Waals surface area (Å²) in [5.74, 6) is 1.30. The summed E-state index contributed by atoms with van der Waals surface area (Å²) in [7, 11) is 5.00. The third-order valence-corrected chi connectivity index (χ3v) is 5.31. The lowest BCUT2D eigenvalue weighted by molar-refractivity contribution is -0.0231. The van der Waals surface area contributed by atoms with Crippen LogP contribution < -0.4 is 9.47 Å². The number of carbonyl (C=O) groups excluding carboxylic acids is 1. The lowest BCUT2D eigenvalue weighted by atomic mass is 10.1. The minimum absolute atomic E-state index is 0.0673. The van der Waals surface area contributed by atoms with Crippen LogP contribution in [0.4, 0.5) is 0 Å². The molecule has 0 N–H and O–H groups in total. The number of morpholine rings is 1. The summed E-state index contributed by atoms with van der Waals surface area (Å²) in [6, 6.07) is 17.3. The van der Waals surface area contributed by atoms with E-state index in [4.69, 9.17) is 14.2 Å². The van der Waals surface area contributed by atoms with E-state index in [0.717, 1.165) is 11.1 Å². The lowest BCUT2D eigenvalue weighted by Gasteiger charge is -2.33. The summed E-state index contributed by atoms with van der Waals surface area (Å²) < 4.78 is 18.3. The zero-order valence-corrected chi connectivity index (χ0v) is 17.4. The molecule has 1 aliphatic rings. The van der Waals surface area contributed by atoms with Crippen LogP contribution in [-0.4, -0.2) is 54.5 Å². The smallest absolute Gasteiger partial charge is 0.272 e. The molecule has 1 unspecified atom stereocenters. The molecule has 2 aromatic carbocycles. The number of nitrogens with zero attached hydrogens (tertiary/aromatic N) is 3. The highest BCUT2D eigenvalue weighted by Gasteiger charge is 2.28. The van der Waals surface area contributed by atoms with E-state index in [0.29, 0.717) is 42.6 Å². The first-order valence-corrected chi connectivity index (χ1v) is 9.83. The van der Waals surface area contributed by atoms with Gasteiger partial charge in [0.25, 0.3) is 5.91 Å². The van der Waals surface area contributed by atoms with Gasteiger partial charge in [-0.15, -0.1) is 0 Å². The number of methoxy groups -OCH3 is 2. The average molecular weight is 407 g/mol. The van der Waals surface area contributed by atoms with Crippen LogP contribution in [0, 0.1) is 0 Å². The van der Waals surface area contributed by atoms with Crippen LogP contribution in [-0.2, 0) is 11.8 Å². The summed E-state index contributed by atoms with van der Waals surface area (Å²) in [4.78, 5) is 15.1. The zero-order valence-electron chi connectivity index (χ0n) is 17.4. The Morgan fingerprint density at radius 3 is 2.63 bits per heavy atom. The van der Waals surface area contributed by atoms with Gasteiger partial charge in [0.05, 0.1) is 33.1 Å². The van der Waals surface area contributed by atoms with Crippen molar-refractivity contribution in [2.45, 2.75) is 6.10 Å². The Bertz CT molecular complexity index is 1030. The molecule has 1 aromatic heterocycles. The molecule has 1 saturated heterocycles. The van der Waals surface area contributed by atoms with E-state index in [1.165, 1.54) is 0 Å². The topological polar surface area (TPSA) is 65.8 Å². The predicted octanol–water partition coefficient (Wildman–Crippen LogP) is 3.32. The van der Waals surface area contributed by atoms with Crippen LogP contribution in [0.5, 0.6) is 11.5 Å². The molecule has 156 valence electrons. The van der Waals surface area contributed by atoms with Gasteiger partial charge in [-0.05, 0) is 29.8 Å². The molecule has 0 radical (unpaired) electrons. The molecular formula is C23H25N3O4. The molecule has 7 heteroatoms. The second-order valence-electron chi connectivity index (χ2n) is 7.13. The highest BCUT2D eigenvalue weighted by Crippen LogP contribution is 2.33. The number of benzene rings is 2. The van der Waals surface area contributed by atoms with Gasteiger partial charge in [-0.2, -0.15) is 5.10 Å². The molecule has 0 spiro atoms. The molecule has 7 nitrogen and oxygen atoms in total. The molecule has 1 atom stereocenters. The van der Waals surface area contributed by atoms with Gasteiger partial charge in [0.1, 0.15) is 23.3 Å². The summed E-state index contributed by atoms with van der Waals surface area (Å²) >= 11 is 0. The molecule has 0 aliphatic carbocycles. The maximum Gasteiger partial charge on any atom is 0.272 e. The molecule has 3 aromatic rings. The van der Waals surface area contributed by atoms with Crippen molar-refractivity contribution in [2.75, 3.05) is 33.9 Å². The van der Waals surface area contributed by atoms with Crippen LogP contribution in [0.1, 0.15) is 22.2 Å². The van der Waals surface area contributed by atoms with Gasteiger partial charge in [-0.25, -0.2) is 0 Å². The van der Waals surface area contributed by atoms with Gasteiger partial charge in [0.2, 0.25) is 0 Å². The molecule has 1 amide bonds. The van der Waals surface area contributed by atoms with E-state index in [1.54, 1.807) is 32.0 Å². The van der Waals surface area contributed by atoms with Gasteiger partial charge >= 0.3 is 0 Å². The summed E-state index contributed by atoms with van der Waals surface area (Å²) in [6.07, 6.45) is -0.130. The van der Waals surface area contributed by atoms with Crippen LogP contribution in [0.3, 0.4) is 0 Å². The monoisotopic (exact) mass is 407 g/mol. The maximum absolute atomic E-state index is 13.3. The molecule has 0 bridgehead atoms. The van der Waals surface area contributed by atoms with Crippen molar-refractivity contribution in [3.8, 4) is 22.8 Å². The second kappa shape index (κ2) is 8.59. The van der Waals surface area contributed by atoms with E-state index in [9.17, 15) is 4.79 Å². The lowest BCUT2D eigenvalue weighted by Crippen LogP contribution is -2.42. The molecule has 1 fully saturated rings. The summed E-state index contributed by atoms with van der Waals surface area (Å²) in [6.45, 7) is 1.55. The highest BCUT2D eigenvalue weighted by atomic mass is 16.5. The van der Waals surface area contributed by atoms with Crippen molar-refractivity contribution >= 4 is 5.91 Å². The van der Waals surface area contributed by atoms with Crippen molar-refractivity contribution in [1.29, 1.82) is 0 Å². The minimum Gasteiger partial charge on any atom is -0.497 e. The number of ether oxygens (including phenoxy) is 3. The first-order valence-electron chi connectivity index (χ1n) is 9.83. The maximum atomic E-state index is 13.3. The fraction of sp³-hybridized carbons (Fsp3) is 0.304. The van der Waals surface area contributed by atoms with E-state index < -0.39 is 0 Å². The standard InChI is InChI=1S/C23H25N3O4/c1-25-20(14-19(24-25)18-13-17(28-2)9-10-21(18)29-3)23(27)26-11-12-30-22(15-26)16-7-5-4-6-8-16/h4-10,13-14,22H,11-12,15H2,1-3H3. The average Bonchev–Trinajstić information content (AvgIpc) is 3.20. The number of hydrogen-bond acceptors (Lipinski definition) is 5. The molecule has 1 aliphatic heterocycles. The third kappa shape index (κ3) is 3.89. The summed E-state index contributed by atoms with van der Waals surface area (Å²) in [5.41, 5.74) is 3.02. The van der Waals surface area contributed by atoms with Gasteiger partial charge in [-0.1, -0.05) is 30.3 Å². The van der Waals surface area contributed by atoms with Gasteiger partial charge in [-0.3, -0.25) is 9.48 Å². The fourth-order valence-corrected chi connectivity index (χ4v) is 3.68. The first-order chi connectivity index (χ1) is 14.6. The zero-order chi connectivity index (χ0) is 21.1. The summed E-state index contributed by atoms with van der Waals surface area (Å²) in [5, 5.41) is 4.56. The van der Waals surface area contributed by atoms with Crippen molar-refractivity contribution in [1.82, 2.24) is 14.7 Å². The Morgan fingerprint density at radius 1 is 1.10 bits per heavy atom. The largest absolute Gasteiger partial charge is 0.497 e. The Balaban J connectivity index is 1.60.